The van der Waals surface area contributed by atoms with Crippen molar-refractivity contribution in [1.29, 1.82) is 0 Å². The first kappa shape index (κ1) is 24.8. The molecule has 24 heavy (non-hydrogen) atoms. The van der Waals surface area contributed by atoms with E-state index in [0.717, 1.165) is 43.7 Å². The van der Waals surface area contributed by atoms with Crippen LogP contribution in [0.2, 0.25) is 0 Å². The van der Waals surface area contributed by atoms with Crippen LogP contribution in [-0.4, -0.2) is 25.1 Å². The van der Waals surface area contributed by atoms with E-state index in [4.69, 9.17) is 11.5 Å². The molecule has 0 spiro atoms. The number of nitrogens with one attached hydrogen (secondary N) is 1. The van der Waals surface area contributed by atoms with Gasteiger partial charge in [0, 0.05) is 12.6 Å². The molecular formula is C20H40N4. The zero-order chi connectivity index (χ0) is 18.8. The number of hydrogen-bond acceptors (Lipinski definition) is 2. The number of aliphatic imine (C=N–C) groups is 1. The average Bonchev–Trinajstić information content (AvgIpc) is 3.11. The second-order valence-corrected chi connectivity index (χ2v) is 6.07. The molecule has 1 saturated carbocycles. The lowest BCUT2D eigenvalue weighted by molar-refractivity contribution is 0.514. The Morgan fingerprint density at radius 1 is 1.33 bits per heavy atom. The number of allylic oxidation sites excluding steroid dienone is 1. The highest BCUT2D eigenvalue weighted by Gasteiger charge is 2.34. The van der Waals surface area contributed by atoms with Crippen molar-refractivity contribution in [3.8, 4) is 12.3 Å². The molecule has 3 unspecified atom stereocenters. The highest BCUT2D eigenvalue weighted by Crippen LogP contribution is 2.35. The number of nitrogens with two attached hydrogens (primary N) is 2. The van der Waals surface area contributed by atoms with Crippen LogP contribution in [0.1, 0.15) is 66.2 Å². The summed E-state index contributed by atoms with van der Waals surface area (Å²) in [7, 11) is 0. The molecule has 4 heteroatoms. The first-order valence-electron chi connectivity index (χ1n) is 9.32. The van der Waals surface area contributed by atoms with Crippen molar-refractivity contribution < 1.29 is 0 Å². The Balaban J connectivity index is 0. The van der Waals surface area contributed by atoms with E-state index in [1.807, 2.05) is 19.9 Å². The molecule has 2 fully saturated rings. The minimum Gasteiger partial charge on any atom is -0.370 e. The van der Waals surface area contributed by atoms with Gasteiger partial charge < -0.3 is 16.8 Å². The summed E-state index contributed by atoms with van der Waals surface area (Å²) in [6.07, 6.45) is 14.0. The number of rotatable bonds is 5. The van der Waals surface area contributed by atoms with Gasteiger partial charge in [0.2, 0.25) is 0 Å². The number of unbranched alkanes of at least 4 members (excludes halogenated alkanes) is 2. The molecule has 1 aliphatic heterocycles. The standard InChI is InChI=1S/C8H15N.C7H15N3.C3H4.C2H6/c1-6-4-7-2-3-9-8(7)5-6;1-2-3-4-5-6-10-7(8)9;1-3-2;1-2/h6-9H,2-5H2,1H3;2H,1,3-6H2,(H4,8,9,10);1H,2H3;1-2H3. The Bertz CT molecular complexity index is 341. The Morgan fingerprint density at radius 2 is 1.96 bits per heavy atom. The third-order valence-electron chi connectivity index (χ3n) is 3.96. The Kier molecular flexibility index (Phi) is 18.5. The van der Waals surface area contributed by atoms with Gasteiger partial charge in [0.05, 0.1) is 0 Å². The molecule has 1 heterocycles. The Labute approximate surface area is 150 Å². The molecule has 0 aromatic carbocycles. The summed E-state index contributed by atoms with van der Waals surface area (Å²) in [6.45, 7) is 13.6. The van der Waals surface area contributed by atoms with Gasteiger partial charge in [0.1, 0.15) is 0 Å². The maximum atomic E-state index is 5.11. The van der Waals surface area contributed by atoms with Crippen molar-refractivity contribution in [2.75, 3.05) is 13.1 Å². The van der Waals surface area contributed by atoms with Crippen LogP contribution in [0.5, 0.6) is 0 Å². The van der Waals surface area contributed by atoms with Gasteiger partial charge in [-0.15, -0.1) is 18.9 Å². The molecule has 3 atom stereocenters. The molecule has 0 aromatic heterocycles. The van der Waals surface area contributed by atoms with E-state index in [2.05, 4.69) is 36.2 Å². The molecule has 0 radical (unpaired) electrons. The first-order chi connectivity index (χ1) is 11.5. The summed E-state index contributed by atoms with van der Waals surface area (Å²) in [5, 5.41) is 3.55. The Hall–Kier alpha value is -1.47. The van der Waals surface area contributed by atoms with E-state index >= 15 is 0 Å². The molecule has 0 aromatic rings. The molecule has 4 nitrogen and oxygen atoms in total. The van der Waals surface area contributed by atoms with Crippen LogP contribution in [0.4, 0.5) is 0 Å². The van der Waals surface area contributed by atoms with E-state index in [1.54, 1.807) is 6.92 Å². The van der Waals surface area contributed by atoms with Crippen molar-refractivity contribution >= 4 is 5.96 Å². The fraction of sp³-hybridized carbons (Fsp3) is 0.750. The highest BCUT2D eigenvalue weighted by atomic mass is 15.0. The molecule has 1 saturated heterocycles. The van der Waals surface area contributed by atoms with Crippen LogP contribution in [0.15, 0.2) is 17.6 Å². The number of terminal acetylenes is 1. The number of guanidine groups is 1. The van der Waals surface area contributed by atoms with Crippen molar-refractivity contribution in [3.63, 3.8) is 0 Å². The second-order valence-electron chi connectivity index (χ2n) is 6.07. The smallest absolute Gasteiger partial charge is 0.185 e. The quantitative estimate of drug-likeness (QED) is 0.236. The van der Waals surface area contributed by atoms with Gasteiger partial charge in [-0.2, -0.15) is 0 Å². The van der Waals surface area contributed by atoms with Gasteiger partial charge >= 0.3 is 0 Å². The number of nitrogens with zero attached hydrogens (tertiary/aromatic N) is 1. The number of hydrogen-bond donors (Lipinski definition) is 3. The van der Waals surface area contributed by atoms with Crippen LogP contribution < -0.4 is 16.8 Å². The SMILES string of the molecule is C#CC.C=CCCCCN=C(N)N.CC.CC1CC2CCNC2C1. The first-order valence-corrected chi connectivity index (χ1v) is 9.32. The molecule has 1 aliphatic carbocycles. The van der Waals surface area contributed by atoms with Gasteiger partial charge in [0.25, 0.3) is 0 Å². The van der Waals surface area contributed by atoms with Gasteiger partial charge in [-0.3, -0.25) is 4.99 Å². The summed E-state index contributed by atoms with van der Waals surface area (Å²) in [6, 6.07) is 0.903. The van der Waals surface area contributed by atoms with Crippen LogP contribution >= 0.6 is 0 Å². The summed E-state index contributed by atoms with van der Waals surface area (Å²) in [5.41, 5.74) is 10.2. The molecule has 2 rings (SSSR count). The number of fused-ring (bicyclic) bond motifs is 1. The van der Waals surface area contributed by atoms with Crippen LogP contribution in [0.3, 0.4) is 0 Å². The van der Waals surface area contributed by atoms with Crippen molar-refractivity contribution in [3.05, 3.63) is 12.7 Å². The minimum absolute atomic E-state index is 0.179. The lowest BCUT2D eigenvalue weighted by Gasteiger charge is -2.05. The minimum atomic E-state index is 0.179. The normalized spacial score (nSPS) is 22.9. The lowest BCUT2D eigenvalue weighted by Crippen LogP contribution is -2.22. The van der Waals surface area contributed by atoms with Gasteiger partial charge in [0.15, 0.2) is 5.96 Å². The van der Waals surface area contributed by atoms with Crippen LogP contribution in [0, 0.1) is 24.2 Å². The van der Waals surface area contributed by atoms with Crippen LogP contribution in [-0.2, 0) is 0 Å². The fourth-order valence-corrected chi connectivity index (χ4v) is 3.04. The molecule has 140 valence electrons. The Morgan fingerprint density at radius 3 is 2.46 bits per heavy atom. The summed E-state index contributed by atoms with van der Waals surface area (Å²) in [4.78, 5) is 3.83. The van der Waals surface area contributed by atoms with Crippen molar-refractivity contribution in [2.24, 2.45) is 28.3 Å². The lowest BCUT2D eigenvalue weighted by atomic mass is 10.0. The summed E-state index contributed by atoms with van der Waals surface area (Å²) < 4.78 is 0. The van der Waals surface area contributed by atoms with E-state index in [9.17, 15) is 0 Å². The highest BCUT2D eigenvalue weighted by molar-refractivity contribution is 5.75. The molecule has 0 bridgehead atoms. The molecule has 0 amide bonds. The summed E-state index contributed by atoms with van der Waals surface area (Å²) in [5.74, 6) is 4.46. The topological polar surface area (TPSA) is 76.4 Å². The average molecular weight is 337 g/mol. The zero-order valence-corrected chi connectivity index (χ0v) is 16.4. The molecule has 2 aliphatic rings. The van der Waals surface area contributed by atoms with Gasteiger partial charge in [-0.05, 0) is 63.8 Å². The summed E-state index contributed by atoms with van der Waals surface area (Å²) >= 11 is 0. The second kappa shape index (κ2) is 17.9. The maximum Gasteiger partial charge on any atom is 0.185 e. The third kappa shape index (κ3) is 14.1. The maximum absolute atomic E-state index is 5.11. The fourth-order valence-electron chi connectivity index (χ4n) is 3.04. The third-order valence-corrected chi connectivity index (χ3v) is 3.96. The van der Waals surface area contributed by atoms with E-state index < -0.39 is 0 Å². The van der Waals surface area contributed by atoms with E-state index in [-0.39, 0.29) is 5.96 Å². The predicted molar refractivity (Wildman–Crippen MR) is 109 cm³/mol. The monoisotopic (exact) mass is 336 g/mol. The van der Waals surface area contributed by atoms with Gasteiger partial charge in [-0.1, -0.05) is 26.8 Å². The largest absolute Gasteiger partial charge is 0.370 e. The predicted octanol–water partition coefficient (Wildman–Crippen LogP) is 3.68. The van der Waals surface area contributed by atoms with Crippen molar-refractivity contribution in [2.45, 2.75) is 72.3 Å². The van der Waals surface area contributed by atoms with E-state index in [1.165, 1.54) is 25.8 Å². The van der Waals surface area contributed by atoms with Crippen LogP contribution in [0.25, 0.3) is 0 Å². The van der Waals surface area contributed by atoms with E-state index in [0.29, 0.717) is 0 Å². The van der Waals surface area contributed by atoms with Gasteiger partial charge in [-0.25, -0.2) is 0 Å². The molecular weight excluding hydrogens is 296 g/mol. The zero-order valence-electron chi connectivity index (χ0n) is 16.4. The van der Waals surface area contributed by atoms with Crippen molar-refractivity contribution in [1.82, 2.24) is 5.32 Å². The molecule has 5 N–H and O–H groups in total.